The van der Waals surface area contributed by atoms with Gasteiger partial charge in [-0.15, -0.1) is 0 Å². The van der Waals surface area contributed by atoms with Gasteiger partial charge in [-0.05, 0) is 42.8 Å². The van der Waals surface area contributed by atoms with Crippen molar-refractivity contribution in [2.24, 2.45) is 0 Å². The number of halogens is 1. The fourth-order valence-corrected chi connectivity index (χ4v) is 2.82. The average molecular weight is 338 g/mol. The standard InChI is InChI=1S/C16H15FO5S/c1-12-8-14(21-7-3-6-18)11-15(9-12)22-23(19,20)16-5-2-4-13(17)10-16/h2,4-6,8-11H,3,7H2,1H3. The van der Waals surface area contributed by atoms with Crippen molar-refractivity contribution in [1.29, 1.82) is 0 Å². The molecule has 0 N–H and O–H groups in total. The van der Waals surface area contributed by atoms with Gasteiger partial charge in [0, 0.05) is 12.5 Å². The Morgan fingerprint density at radius 2 is 1.87 bits per heavy atom. The van der Waals surface area contributed by atoms with Crippen LogP contribution in [0, 0.1) is 12.7 Å². The van der Waals surface area contributed by atoms with Crippen molar-refractivity contribution in [3.63, 3.8) is 0 Å². The molecule has 2 aromatic carbocycles. The number of aryl methyl sites for hydroxylation is 1. The number of carbonyl (C=O) groups excluding carboxylic acids is 1. The van der Waals surface area contributed by atoms with E-state index in [4.69, 9.17) is 8.92 Å². The number of ether oxygens (including phenoxy) is 1. The molecule has 0 saturated heterocycles. The minimum Gasteiger partial charge on any atom is -0.493 e. The van der Waals surface area contributed by atoms with Gasteiger partial charge in [-0.2, -0.15) is 8.42 Å². The molecule has 0 saturated carbocycles. The Morgan fingerprint density at radius 3 is 2.57 bits per heavy atom. The van der Waals surface area contributed by atoms with Crippen LogP contribution in [0.25, 0.3) is 0 Å². The first kappa shape index (κ1) is 17.0. The Morgan fingerprint density at radius 1 is 1.13 bits per heavy atom. The molecular weight excluding hydrogens is 323 g/mol. The van der Waals surface area contributed by atoms with Crippen molar-refractivity contribution in [3.8, 4) is 11.5 Å². The van der Waals surface area contributed by atoms with Crippen LogP contribution in [0.4, 0.5) is 4.39 Å². The van der Waals surface area contributed by atoms with Gasteiger partial charge < -0.3 is 13.7 Å². The molecule has 0 amide bonds. The lowest BCUT2D eigenvalue weighted by Crippen LogP contribution is -2.10. The number of rotatable bonds is 7. The number of carbonyl (C=O) groups is 1. The van der Waals surface area contributed by atoms with Gasteiger partial charge in [0.15, 0.2) is 0 Å². The summed E-state index contributed by atoms with van der Waals surface area (Å²) in [7, 11) is -4.15. The highest BCUT2D eigenvalue weighted by Crippen LogP contribution is 2.26. The zero-order valence-corrected chi connectivity index (χ0v) is 13.2. The number of aldehydes is 1. The summed E-state index contributed by atoms with van der Waals surface area (Å²) in [6, 6.07) is 9.16. The zero-order chi connectivity index (χ0) is 16.9. The van der Waals surface area contributed by atoms with Gasteiger partial charge in [0.25, 0.3) is 0 Å². The molecule has 0 bridgehead atoms. The first-order chi connectivity index (χ1) is 10.9. The molecule has 0 fully saturated rings. The molecule has 122 valence electrons. The van der Waals surface area contributed by atoms with E-state index < -0.39 is 15.9 Å². The largest absolute Gasteiger partial charge is 0.493 e. The second-order valence-electron chi connectivity index (χ2n) is 4.78. The average Bonchev–Trinajstić information content (AvgIpc) is 2.46. The number of hydrogen-bond donors (Lipinski definition) is 0. The molecule has 23 heavy (non-hydrogen) atoms. The minimum absolute atomic E-state index is 0.0513. The summed E-state index contributed by atoms with van der Waals surface area (Å²) in [5.74, 6) is -0.233. The van der Waals surface area contributed by atoms with Crippen LogP contribution in [0.3, 0.4) is 0 Å². The summed E-state index contributed by atoms with van der Waals surface area (Å²) in [6.45, 7) is 1.93. The summed E-state index contributed by atoms with van der Waals surface area (Å²) in [5, 5.41) is 0. The van der Waals surface area contributed by atoms with E-state index in [0.29, 0.717) is 5.75 Å². The molecular formula is C16H15FO5S. The normalized spacial score (nSPS) is 11.0. The smallest absolute Gasteiger partial charge is 0.339 e. The van der Waals surface area contributed by atoms with Gasteiger partial charge in [0.05, 0.1) is 6.61 Å². The summed E-state index contributed by atoms with van der Waals surface area (Å²) in [5.41, 5.74) is 0.720. The molecule has 7 heteroatoms. The Kier molecular flexibility index (Phi) is 5.33. The lowest BCUT2D eigenvalue weighted by atomic mass is 10.2. The van der Waals surface area contributed by atoms with Crippen molar-refractivity contribution >= 4 is 16.4 Å². The third kappa shape index (κ3) is 4.79. The van der Waals surface area contributed by atoms with Gasteiger partial charge in [-0.1, -0.05) is 6.07 Å². The molecule has 0 heterocycles. The monoisotopic (exact) mass is 338 g/mol. The van der Waals surface area contributed by atoms with E-state index in [-0.39, 0.29) is 23.7 Å². The van der Waals surface area contributed by atoms with Gasteiger partial charge in [0.1, 0.15) is 28.5 Å². The van der Waals surface area contributed by atoms with Crippen molar-refractivity contribution in [3.05, 3.63) is 53.8 Å². The Labute approximate surface area is 133 Å². The predicted molar refractivity (Wildman–Crippen MR) is 81.6 cm³/mol. The Bertz CT molecular complexity index is 802. The van der Waals surface area contributed by atoms with E-state index in [1.165, 1.54) is 24.3 Å². The molecule has 0 spiro atoms. The van der Waals surface area contributed by atoms with Crippen molar-refractivity contribution in [2.75, 3.05) is 6.61 Å². The molecule has 5 nitrogen and oxygen atoms in total. The zero-order valence-electron chi connectivity index (χ0n) is 12.4. The van der Waals surface area contributed by atoms with Crippen LogP contribution in [0.5, 0.6) is 11.5 Å². The number of benzene rings is 2. The molecule has 2 aromatic rings. The van der Waals surface area contributed by atoms with E-state index >= 15 is 0 Å². The van der Waals surface area contributed by atoms with Crippen molar-refractivity contribution in [2.45, 2.75) is 18.2 Å². The first-order valence-electron chi connectivity index (χ1n) is 6.79. The highest BCUT2D eigenvalue weighted by atomic mass is 32.2. The van der Waals surface area contributed by atoms with E-state index in [9.17, 15) is 17.6 Å². The summed E-state index contributed by atoms with van der Waals surface area (Å²) in [6.07, 6.45) is 0.952. The molecule has 0 aliphatic carbocycles. The number of hydrogen-bond acceptors (Lipinski definition) is 5. The topological polar surface area (TPSA) is 69.7 Å². The van der Waals surface area contributed by atoms with E-state index in [2.05, 4.69) is 0 Å². The van der Waals surface area contributed by atoms with Gasteiger partial charge in [-0.25, -0.2) is 4.39 Å². The van der Waals surface area contributed by atoms with Crippen LogP contribution in [-0.4, -0.2) is 21.3 Å². The lowest BCUT2D eigenvalue weighted by molar-refractivity contribution is -0.108. The van der Waals surface area contributed by atoms with E-state index in [1.54, 1.807) is 13.0 Å². The van der Waals surface area contributed by atoms with Crippen molar-refractivity contribution in [1.82, 2.24) is 0 Å². The van der Waals surface area contributed by atoms with Gasteiger partial charge in [0.2, 0.25) is 0 Å². The molecule has 0 aliphatic rings. The molecule has 2 rings (SSSR count). The summed E-state index contributed by atoms with van der Waals surface area (Å²) in [4.78, 5) is 10.0. The second kappa shape index (κ2) is 7.23. The molecule has 0 radical (unpaired) electrons. The van der Waals surface area contributed by atoms with Gasteiger partial charge >= 0.3 is 10.1 Å². The van der Waals surface area contributed by atoms with Crippen molar-refractivity contribution < 1.29 is 26.5 Å². The van der Waals surface area contributed by atoms with Gasteiger partial charge in [-0.3, -0.25) is 0 Å². The second-order valence-corrected chi connectivity index (χ2v) is 6.33. The van der Waals surface area contributed by atoms with Crippen LogP contribution >= 0.6 is 0 Å². The summed E-state index contributed by atoms with van der Waals surface area (Å²) < 4.78 is 47.9. The Balaban J connectivity index is 2.23. The van der Waals surface area contributed by atoms with Crippen LogP contribution in [0.15, 0.2) is 47.4 Å². The molecule has 0 aliphatic heterocycles. The van der Waals surface area contributed by atoms with E-state index in [1.807, 2.05) is 0 Å². The minimum atomic E-state index is -4.15. The third-order valence-corrected chi connectivity index (χ3v) is 4.06. The first-order valence-corrected chi connectivity index (χ1v) is 8.20. The lowest BCUT2D eigenvalue weighted by Gasteiger charge is -2.10. The maximum absolute atomic E-state index is 13.2. The van der Waals surface area contributed by atoms with Crippen LogP contribution in [-0.2, 0) is 14.9 Å². The predicted octanol–water partition coefficient (Wildman–Crippen LogP) is 2.87. The molecule has 0 atom stereocenters. The fourth-order valence-electron chi connectivity index (χ4n) is 1.87. The van der Waals surface area contributed by atoms with E-state index in [0.717, 1.165) is 24.0 Å². The summed E-state index contributed by atoms with van der Waals surface area (Å²) >= 11 is 0. The maximum atomic E-state index is 13.2. The quantitative estimate of drug-likeness (QED) is 0.441. The maximum Gasteiger partial charge on any atom is 0.339 e. The highest BCUT2D eigenvalue weighted by molar-refractivity contribution is 7.87. The third-order valence-electron chi connectivity index (χ3n) is 2.82. The SMILES string of the molecule is Cc1cc(OCCC=O)cc(OS(=O)(=O)c2cccc(F)c2)c1. The fraction of sp³-hybridized carbons (Fsp3) is 0.188. The van der Waals surface area contributed by atoms with Crippen LogP contribution in [0.2, 0.25) is 0 Å². The van der Waals surface area contributed by atoms with Crippen LogP contribution in [0.1, 0.15) is 12.0 Å². The Hall–Kier alpha value is -2.41. The molecule has 0 aromatic heterocycles. The highest BCUT2D eigenvalue weighted by Gasteiger charge is 2.18. The molecule has 0 unspecified atom stereocenters. The van der Waals surface area contributed by atoms with Crippen LogP contribution < -0.4 is 8.92 Å².